The first-order valence-corrected chi connectivity index (χ1v) is 6.66. The molecule has 0 unspecified atom stereocenters. The van der Waals surface area contributed by atoms with Crippen molar-refractivity contribution in [2.24, 2.45) is 5.92 Å². The number of aromatic carboxylic acids is 1. The Labute approximate surface area is 111 Å². The lowest BCUT2D eigenvalue weighted by Gasteiger charge is -2.29. The third-order valence-corrected chi connectivity index (χ3v) is 3.78. The molecule has 0 bridgehead atoms. The molecular weight excluding hydrogens is 246 g/mol. The number of carboxylic acid groups (broad SMARTS) is 1. The summed E-state index contributed by atoms with van der Waals surface area (Å²) >= 11 is 0. The van der Waals surface area contributed by atoms with E-state index in [4.69, 9.17) is 5.11 Å². The van der Waals surface area contributed by atoms with Gasteiger partial charge in [-0.2, -0.15) is 5.10 Å². The molecule has 1 aromatic heterocycles. The van der Waals surface area contributed by atoms with E-state index in [1.165, 1.54) is 0 Å². The normalized spacial score (nSPS) is 14.6. The van der Waals surface area contributed by atoms with E-state index in [-0.39, 0.29) is 17.5 Å². The van der Waals surface area contributed by atoms with Crippen LogP contribution in [0.2, 0.25) is 0 Å². The molecule has 2 N–H and O–H groups in total. The van der Waals surface area contributed by atoms with Gasteiger partial charge in [0.2, 0.25) is 5.91 Å². The van der Waals surface area contributed by atoms with Crippen LogP contribution in [0.4, 0.5) is 0 Å². The summed E-state index contributed by atoms with van der Waals surface area (Å²) in [6.07, 6.45) is 2.23. The zero-order valence-corrected chi connectivity index (χ0v) is 11.3. The van der Waals surface area contributed by atoms with Gasteiger partial charge in [0.05, 0.1) is 12.2 Å². The van der Waals surface area contributed by atoms with E-state index in [1.54, 1.807) is 4.90 Å². The number of fused-ring (bicyclic) bond motifs is 1. The number of hydrogen-bond donors (Lipinski definition) is 2. The molecule has 104 valence electrons. The molecular formula is C13H19N3O3. The molecule has 0 radical (unpaired) electrons. The highest BCUT2D eigenvalue weighted by atomic mass is 16.4. The minimum atomic E-state index is -1.02. The number of rotatable bonds is 4. The lowest BCUT2D eigenvalue weighted by Crippen LogP contribution is -2.39. The molecule has 1 aliphatic heterocycles. The Morgan fingerprint density at radius 3 is 2.68 bits per heavy atom. The molecule has 0 saturated carbocycles. The molecule has 0 aromatic carbocycles. The number of aromatic nitrogens is 2. The second-order valence-electron chi connectivity index (χ2n) is 4.86. The Hall–Kier alpha value is -1.85. The Balaban J connectivity index is 2.15. The van der Waals surface area contributed by atoms with Crippen LogP contribution in [0, 0.1) is 5.92 Å². The maximum Gasteiger partial charge on any atom is 0.356 e. The summed E-state index contributed by atoms with van der Waals surface area (Å²) in [4.78, 5) is 25.1. The molecule has 0 fully saturated rings. The van der Waals surface area contributed by atoms with E-state index in [0.29, 0.717) is 19.5 Å². The minimum absolute atomic E-state index is 0.0587. The van der Waals surface area contributed by atoms with Gasteiger partial charge in [-0.05, 0) is 19.3 Å². The molecule has 1 aliphatic rings. The molecule has 0 atom stereocenters. The summed E-state index contributed by atoms with van der Waals surface area (Å²) in [7, 11) is 0. The van der Waals surface area contributed by atoms with Crippen molar-refractivity contribution < 1.29 is 14.7 Å². The van der Waals surface area contributed by atoms with Crippen molar-refractivity contribution in [3.05, 3.63) is 17.0 Å². The van der Waals surface area contributed by atoms with Gasteiger partial charge in [0.15, 0.2) is 5.69 Å². The lowest BCUT2D eigenvalue weighted by molar-refractivity contribution is -0.136. The molecule has 6 nitrogen and oxygen atoms in total. The molecule has 19 heavy (non-hydrogen) atoms. The Morgan fingerprint density at radius 2 is 2.11 bits per heavy atom. The number of aromatic amines is 1. The first-order valence-electron chi connectivity index (χ1n) is 6.66. The van der Waals surface area contributed by atoms with Crippen LogP contribution in [0.15, 0.2) is 0 Å². The van der Waals surface area contributed by atoms with Crippen molar-refractivity contribution in [2.45, 2.75) is 39.7 Å². The van der Waals surface area contributed by atoms with Gasteiger partial charge < -0.3 is 10.0 Å². The predicted molar refractivity (Wildman–Crippen MR) is 68.7 cm³/mol. The zero-order chi connectivity index (χ0) is 14.0. The molecule has 1 amide bonds. The smallest absolute Gasteiger partial charge is 0.356 e. The zero-order valence-electron chi connectivity index (χ0n) is 11.3. The van der Waals surface area contributed by atoms with E-state index >= 15 is 0 Å². The highest BCUT2D eigenvalue weighted by molar-refractivity contribution is 5.87. The summed E-state index contributed by atoms with van der Waals surface area (Å²) in [5, 5.41) is 15.6. The van der Waals surface area contributed by atoms with Gasteiger partial charge in [0, 0.05) is 18.0 Å². The van der Waals surface area contributed by atoms with Gasteiger partial charge >= 0.3 is 5.97 Å². The minimum Gasteiger partial charge on any atom is -0.476 e. The average Bonchev–Trinajstić information content (AvgIpc) is 2.82. The lowest BCUT2D eigenvalue weighted by atomic mass is 9.98. The van der Waals surface area contributed by atoms with Gasteiger partial charge in [-0.1, -0.05) is 13.8 Å². The fourth-order valence-electron chi connectivity index (χ4n) is 2.58. The Bertz CT molecular complexity index is 491. The highest BCUT2D eigenvalue weighted by Gasteiger charge is 2.29. The van der Waals surface area contributed by atoms with Crippen LogP contribution in [0.3, 0.4) is 0 Å². The summed E-state index contributed by atoms with van der Waals surface area (Å²) in [6, 6.07) is 0. The number of amides is 1. The predicted octanol–water partition coefficient (Wildman–Crippen LogP) is 1.43. The number of carbonyl (C=O) groups is 2. The third kappa shape index (κ3) is 2.47. The first-order chi connectivity index (χ1) is 9.08. The SMILES string of the molecule is CCC(CC)C(=O)N1CCc2c(C(=O)O)n[nH]c2C1. The van der Waals surface area contributed by atoms with Crippen molar-refractivity contribution in [3.63, 3.8) is 0 Å². The molecule has 2 heterocycles. The van der Waals surface area contributed by atoms with Gasteiger partial charge in [0.1, 0.15) is 0 Å². The van der Waals surface area contributed by atoms with E-state index in [2.05, 4.69) is 10.2 Å². The van der Waals surface area contributed by atoms with Crippen LogP contribution >= 0.6 is 0 Å². The van der Waals surface area contributed by atoms with Crippen LogP contribution in [0.25, 0.3) is 0 Å². The van der Waals surface area contributed by atoms with Gasteiger partial charge in [-0.25, -0.2) is 4.79 Å². The maximum absolute atomic E-state index is 12.3. The number of carbonyl (C=O) groups excluding carboxylic acids is 1. The summed E-state index contributed by atoms with van der Waals surface area (Å²) < 4.78 is 0. The van der Waals surface area contributed by atoms with Gasteiger partial charge in [0.25, 0.3) is 0 Å². The van der Waals surface area contributed by atoms with Crippen molar-refractivity contribution in [1.82, 2.24) is 15.1 Å². The molecule has 6 heteroatoms. The van der Waals surface area contributed by atoms with Crippen LogP contribution in [-0.2, 0) is 17.8 Å². The van der Waals surface area contributed by atoms with Crippen molar-refractivity contribution >= 4 is 11.9 Å². The third-order valence-electron chi connectivity index (χ3n) is 3.78. The number of nitrogens with one attached hydrogen (secondary N) is 1. The van der Waals surface area contributed by atoms with Crippen molar-refractivity contribution in [3.8, 4) is 0 Å². The van der Waals surface area contributed by atoms with E-state index < -0.39 is 5.97 Å². The fourth-order valence-corrected chi connectivity index (χ4v) is 2.58. The summed E-state index contributed by atoms with van der Waals surface area (Å²) in [6.45, 7) is 5.04. The number of nitrogens with zero attached hydrogens (tertiary/aromatic N) is 2. The largest absolute Gasteiger partial charge is 0.476 e. The van der Waals surface area contributed by atoms with Crippen molar-refractivity contribution in [2.75, 3.05) is 6.54 Å². The van der Waals surface area contributed by atoms with Crippen molar-refractivity contribution in [1.29, 1.82) is 0 Å². The average molecular weight is 265 g/mol. The standard InChI is InChI=1S/C13H19N3O3/c1-3-8(4-2)12(17)16-6-5-9-10(7-16)14-15-11(9)13(18)19/h8H,3-7H2,1-2H3,(H,14,15)(H,18,19). The quantitative estimate of drug-likeness (QED) is 0.862. The van der Waals surface area contributed by atoms with Crippen LogP contribution in [0.1, 0.15) is 48.4 Å². The van der Waals surface area contributed by atoms with E-state index in [0.717, 1.165) is 24.1 Å². The molecule has 1 aromatic rings. The topological polar surface area (TPSA) is 86.3 Å². The maximum atomic E-state index is 12.3. The van der Waals surface area contributed by atoms with Gasteiger partial charge in [-0.3, -0.25) is 9.89 Å². The second kappa shape index (κ2) is 5.42. The number of carboxylic acids is 1. The second-order valence-corrected chi connectivity index (χ2v) is 4.86. The molecule has 2 rings (SSSR count). The van der Waals surface area contributed by atoms with Crippen LogP contribution in [0.5, 0.6) is 0 Å². The molecule has 0 spiro atoms. The van der Waals surface area contributed by atoms with Gasteiger partial charge in [-0.15, -0.1) is 0 Å². The van der Waals surface area contributed by atoms with Crippen LogP contribution < -0.4 is 0 Å². The van der Waals surface area contributed by atoms with Crippen LogP contribution in [-0.4, -0.2) is 38.6 Å². The molecule has 0 saturated heterocycles. The monoisotopic (exact) mass is 265 g/mol. The van der Waals surface area contributed by atoms with E-state index in [9.17, 15) is 9.59 Å². The fraction of sp³-hybridized carbons (Fsp3) is 0.615. The number of H-pyrrole nitrogens is 1. The summed E-state index contributed by atoms with van der Waals surface area (Å²) in [5.74, 6) is -0.803. The summed E-state index contributed by atoms with van der Waals surface area (Å²) in [5.41, 5.74) is 1.58. The molecule has 0 aliphatic carbocycles. The first kappa shape index (κ1) is 13.6. The Morgan fingerprint density at radius 1 is 1.42 bits per heavy atom. The number of hydrogen-bond acceptors (Lipinski definition) is 3. The Kier molecular flexibility index (Phi) is 3.87. The van der Waals surface area contributed by atoms with E-state index in [1.807, 2.05) is 13.8 Å². The highest BCUT2D eigenvalue weighted by Crippen LogP contribution is 2.22.